The molecule has 1 saturated heterocycles. The summed E-state index contributed by atoms with van der Waals surface area (Å²) >= 11 is 0. The SMILES string of the molecule is Cc1ccc([C@@H]2c3ccc(O)cc3Oc3ncn(CCN4CCOCC4)c(=N)c32)cc1. The molecule has 5 rings (SSSR count). The third kappa shape index (κ3) is 3.82. The summed E-state index contributed by atoms with van der Waals surface area (Å²) in [6, 6.07) is 13.5. The molecule has 160 valence electrons. The molecule has 31 heavy (non-hydrogen) atoms. The maximum absolute atomic E-state index is 9.97. The first kappa shape index (κ1) is 19.8. The molecule has 0 saturated carbocycles. The van der Waals surface area contributed by atoms with E-state index in [2.05, 4.69) is 41.1 Å². The second-order valence-electron chi connectivity index (χ2n) is 8.13. The molecule has 0 spiro atoms. The topological polar surface area (TPSA) is 83.6 Å². The molecule has 7 heteroatoms. The van der Waals surface area contributed by atoms with Gasteiger partial charge in [0.05, 0.1) is 18.8 Å². The van der Waals surface area contributed by atoms with Gasteiger partial charge in [-0.1, -0.05) is 35.9 Å². The minimum Gasteiger partial charge on any atom is -0.508 e. The van der Waals surface area contributed by atoms with Gasteiger partial charge in [-0.15, -0.1) is 0 Å². The van der Waals surface area contributed by atoms with Crippen molar-refractivity contribution in [1.29, 1.82) is 5.41 Å². The Bertz CT molecular complexity index is 1150. The van der Waals surface area contributed by atoms with Crippen molar-refractivity contribution in [2.24, 2.45) is 0 Å². The zero-order chi connectivity index (χ0) is 21.4. The van der Waals surface area contributed by atoms with Crippen LogP contribution in [0.1, 0.15) is 28.2 Å². The van der Waals surface area contributed by atoms with Crippen molar-refractivity contribution in [3.63, 3.8) is 0 Å². The minimum absolute atomic E-state index is 0.146. The number of phenols is 1. The van der Waals surface area contributed by atoms with Crippen LogP contribution in [0.5, 0.6) is 17.4 Å². The highest BCUT2D eigenvalue weighted by Crippen LogP contribution is 2.45. The van der Waals surface area contributed by atoms with Crippen LogP contribution in [0.15, 0.2) is 48.8 Å². The van der Waals surface area contributed by atoms with Crippen LogP contribution in [0.25, 0.3) is 0 Å². The number of nitrogens with zero attached hydrogens (tertiary/aromatic N) is 3. The Kier molecular flexibility index (Phi) is 5.21. The number of hydrogen-bond acceptors (Lipinski definition) is 6. The number of aromatic nitrogens is 2. The van der Waals surface area contributed by atoms with Gasteiger partial charge in [-0.2, -0.15) is 0 Å². The molecule has 2 N–H and O–H groups in total. The second-order valence-corrected chi connectivity index (χ2v) is 8.13. The molecule has 1 fully saturated rings. The number of aryl methyl sites for hydroxylation is 1. The van der Waals surface area contributed by atoms with Crippen LogP contribution in [0.3, 0.4) is 0 Å². The monoisotopic (exact) mass is 418 g/mol. The van der Waals surface area contributed by atoms with E-state index in [9.17, 15) is 5.11 Å². The number of aromatic hydroxyl groups is 1. The molecule has 1 aromatic heterocycles. The Hall–Kier alpha value is -3.16. The molecule has 2 aliphatic heterocycles. The molecule has 3 aromatic rings. The van der Waals surface area contributed by atoms with Crippen LogP contribution in [0, 0.1) is 12.3 Å². The molecule has 0 unspecified atom stereocenters. The van der Waals surface area contributed by atoms with Gasteiger partial charge in [-0.05, 0) is 18.6 Å². The summed E-state index contributed by atoms with van der Waals surface area (Å²) in [4.78, 5) is 6.91. The van der Waals surface area contributed by atoms with Crippen LogP contribution in [0.4, 0.5) is 0 Å². The number of rotatable bonds is 4. The highest BCUT2D eigenvalue weighted by molar-refractivity contribution is 5.57. The molecule has 0 radical (unpaired) electrons. The number of morpholine rings is 1. The molecule has 3 heterocycles. The van der Waals surface area contributed by atoms with E-state index in [0.717, 1.165) is 49.5 Å². The lowest BCUT2D eigenvalue weighted by molar-refractivity contribution is 0.0362. The van der Waals surface area contributed by atoms with E-state index in [4.69, 9.17) is 14.9 Å². The molecule has 2 aliphatic rings. The van der Waals surface area contributed by atoms with Crippen LogP contribution in [-0.2, 0) is 11.3 Å². The Labute approximate surface area is 181 Å². The van der Waals surface area contributed by atoms with E-state index >= 15 is 0 Å². The molecule has 7 nitrogen and oxygen atoms in total. The van der Waals surface area contributed by atoms with Gasteiger partial charge in [0, 0.05) is 43.7 Å². The fraction of sp³-hybridized carbons (Fsp3) is 0.333. The second kappa shape index (κ2) is 8.17. The average Bonchev–Trinajstić information content (AvgIpc) is 2.78. The molecule has 1 atom stereocenters. The number of nitrogens with one attached hydrogen (secondary N) is 1. The van der Waals surface area contributed by atoms with Crippen LogP contribution < -0.4 is 10.2 Å². The maximum atomic E-state index is 9.97. The van der Waals surface area contributed by atoms with Crippen molar-refractivity contribution in [2.45, 2.75) is 19.4 Å². The Balaban J connectivity index is 1.56. The van der Waals surface area contributed by atoms with Crippen molar-refractivity contribution >= 4 is 0 Å². The summed E-state index contributed by atoms with van der Waals surface area (Å²) in [6.45, 7) is 6.94. The van der Waals surface area contributed by atoms with E-state index in [1.165, 1.54) is 5.56 Å². The lowest BCUT2D eigenvalue weighted by atomic mass is 9.83. The zero-order valence-electron chi connectivity index (χ0n) is 17.5. The highest BCUT2D eigenvalue weighted by Gasteiger charge is 2.32. The average molecular weight is 418 g/mol. The van der Waals surface area contributed by atoms with Crippen molar-refractivity contribution < 1.29 is 14.6 Å². The van der Waals surface area contributed by atoms with Crippen molar-refractivity contribution in [3.8, 4) is 17.4 Å². The van der Waals surface area contributed by atoms with Gasteiger partial charge in [0.15, 0.2) is 0 Å². The van der Waals surface area contributed by atoms with Gasteiger partial charge in [0.25, 0.3) is 0 Å². The van der Waals surface area contributed by atoms with E-state index in [1.54, 1.807) is 18.5 Å². The summed E-state index contributed by atoms with van der Waals surface area (Å²) in [5.41, 5.74) is 4.34. The minimum atomic E-state index is -0.184. The van der Waals surface area contributed by atoms with Crippen molar-refractivity contribution in [2.75, 3.05) is 32.8 Å². The number of hydrogen-bond donors (Lipinski definition) is 2. The van der Waals surface area contributed by atoms with E-state index in [-0.39, 0.29) is 11.7 Å². The summed E-state index contributed by atoms with van der Waals surface area (Å²) < 4.78 is 13.4. The van der Waals surface area contributed by atoms with Crippen molar-refractivity contribution in [3.05, 3.63) is 76.5 Å². The molecular formula is C24H26N4O3. The van der Waals surface area contributed by atoms with Crippen LogP contribution in [0.2, 0.25) is 0 Å². The third-order valence-corrected chi connectivity index (χ3v) is 6.06. The summed E-state index contributed by atoms with van der Waals surface area (Å²) in [7, 11) is 0. The van der Waals surface area contributed by atoms with Crippen LogP contribution in [-0.4, -0.2) is 52.4 Å². The largest absolute Gasteiger partial charge is 0.508 e. The molecule has 0 aliphatic carbocycles. The summed E-state index contributed by atoms with van der Waals surface area (Å²) in [5.74, 6) is 0.968. The molecule has 0 amide bonds. The Morgan fingerprint density at radius 1 is 1.10 bits per heavy atom. The first-order valence-corrected chi connectivity index (χ1v) is 10.6. The number of phenolic OH excluding ortho intramolecular Hbond substituents is 1. The number of fused-ring (bicyclic) bond motifs is 2. The smallest absolute Gasteiger partial charge is 0.228 e. The first-order chi connectivity index (χ1) is 15.1. The number of ether oxygens (including phenoxy) is 2. The summed E-state index contributed by atoms with van der Waals surface area (Å²) in [6.07, 6.45) is 1.68. The third-order valence-electron chi connectivity index (χ3n) is 6.06. The predicted octanol–water partition coefficient (Wildman–Crippen LogP) is 2.99. The number of benzene rings is 2. The van der Waals surface area contributed by atoms with E-state index < -0.39 is 0 Å². The maximum Gasteiger partial charge on any atom is 0.228 e. The fourth-order valence-corrected chi connectivity index (χ4v) is 4.31. The Morgan fingerprint density at radius 3 is 2.65 bits per heavy atom. The van der Waals surface area contributed by atoms with Gasteiger partial charge < -0.3 is 19.1 Å². The predicted molar refractivity (Wildman–Crippen MR) is 116 cm³/mol. The fourth-order valence-electron chi connectivity index (χ4n) is 4.31. The highest BCUT2D eigenvalue weighted by atomic mass is 16.5. The van der Waals surface area contributed by atoms with Gasteiger partial charge in [0.1, 0.15) is 23.3 Å². The van der Waals surface area contributed by atoms with Crippen LogP contribution >= 0.6 is 0 Å². The molecule has 2 aromatic carbocycles. The van der Waals surface area contributed by atoms with Gasteiger partial charge in [-0.3, -0.25) is 10.3 Å². The lowest BCUT2D eigenvalue weighted by Crippen LogP contribution is -2.40. The van der Waals surface area contributed by atoms with Gasteiger partial charge in [-0.25, -0.2) is 4.98 Å². The Morgan fingerprint density at radius 2 is 1.87 bits per heavy atom. The van der Waals surface area contributed by atoms with E-state index in [0.29, 0.717) is 23.7 Å². The zero-order valence-corrected chi connectivity index (χ0v) is 17.5. The normalized spacial score (nSPS) is 18.2. The summed E-state index contributed by atoms with van der Waals surface area (Å²) in [5, 5.41) is 19.0. The molecule has 0 bridgehead atoms. The van der Waals surface area contributed by atoms with Gasteiger partial charge in [0.2, 0.25) is 5.88 Å². The first-order valence-electron chi connectivity index (χ1n) is 10.6. The van der Waals surface area contributed by atoms with E-state index in [1.807, 2.05) is 10.6 Å². The van der Waals surface area contributed by atoms with Crippen molar-refractivity contribution in [1.82, 2.24) is 14.5 Å². The standard InChI is InChI=1S/C24H26N4O3/c1-16-2-4-17(5-3-16)21-19-7-6-18(29)14-20(19)31-24-22(21)23(25)28(15-26-24)9-8-27-10-12-30-13-11-27/h2-7,14-15,21,25,29H,8-13H2,1H3/t21-/m1/s1. The quantitative estimate of drug-likeness (QED) is 0.532. The molecular weight excluding hydrogens is 392 g/mol. The lowest BCUT2D eigenvalue weighted by Gasteiger charge is -2.29. The van der Waals surface area contributed by atoms with Gasteiger partial charge >= 0.3 is 0 Å².